The highest BCUT2D eigenvalue weighted by Crippen LogP contribution is 2.16. The summed E-state index contributed by atoms with van der Waals surface area (Å²) < 4.78 is 15.1. The summed E-state index contributed by atoms with van der Waals surface area (Å²) in [6, 6.07) is 7.06. The fraction of sp³-hybridized carbons (Fsp3) is 0.333. The molecule has 0 aliphatic rings. The van der Waals surface area contributed by atoms with Crippen molar-refractivity contribution < 1.29 is 4.39 Å². The van der Waals surface area contributed by atoms with Gasteiger partial charge in [-0.3, -0.25) is 0 Å². The van der Waals surface area contributed by atoms with E-state index in [9.17, 15) is 4.39 Å². The molecule has 0 saturated carbocycles. The minimum absolute atomic E-state index is 0.0977. The average Bonchev–Trinajstić information content (AvgIpc) is 2.80. The topological polar surface area (TPSA) is 30.9 Å². The van der Waals surface area contributed by atoms with E-state index in [1.54, 1.807) is 6.07 Å². The van der Waals surface area contributed by atoms with Crippen molar-refractivity contribution in [1.82, 2.24) is 4.57 Å². The van der Waals surface area contributed by atoms with E-state index in [4.69, 9.17) is 5.73 Å². The van der Waals surface area contributed by atoms with Crippen LogP contribution in [0, 0.1) is 12.7 Å². The van der Waals surface area contributed by atoms with E-state index in [2.05, 4.69) is 17.7 Å². The van der Waals surface area contributed by atoms with Crippen molar-refractivity contribution in [3.8, 4) is 0 Å². The van der Waals surface area contributed by atoms with Gasteiger partial charge in [0.2, 0.25) is 0 Å². The highest BCUT2D eigenvalue weighted by atomic mass is 19.1. The Morgan fingerprint density at radius 1 is 1.33 bits per heavy atom. The lowest BCUT2D eigenvalue weighted by atomic mass is 10.1. The first-order valence-corrected chi connectivity index (χ1v) is 6.26. The molecule has 0 radical (unpaired) electrons. The first-order valence-electron chi connectivity index (χ1n) is 6.26. The molecule has 1 aromatic carbocycles. The monoisotopic (exact) mass is 246 g/mol. The third kappa shape index (κ3) is 2.79. The molecule has 0 amide bonds. The number of rotatable bonds is 4. The molecule has 18 heavy (non-hydrogen) atoms. The lowest BCUT2D eigenvalue weighted by molar-refractivity contribution is 0.624. The Hall–Kier alpha value is -1.61. The van der Waals surface area contributed by atoms with Crippen molar-refractivity contribution in [3.05, 3.63) is 59.2 Å². The second-order valence-corrected chi connectivity index (χ2v) is 4.70. The van der Waals surface area contributed by atoms with Gasteiger partial charge < -0.3 is 10.3 Å². The van der Waals surface area contributed by atoms with Crippen molar-refractivity contribution in [3.63, 3.8) is 0 Å². The maximum absolute atomic E-state index is 13.0. The Morgan fingerprint density at radius 3 is 2.78 bits per heavy atom. The molecule has 0 aliphatic heterocycles. The summed E-state index contributed by atoms with van der Waals surface area (Å²) in [5.41, 5.74) is 9.24. The van der Waals surface area contributed by atoms with E-state index in [-0.39, 0.29) is 11.9 Å². The molecule has 3 heteroatoms. The molecule has 2 N–H and O–H groups in total. The van der Waals surface area contributed by atoms with Gasteiger partial charge in [0.25, 0.3) is 0 Å². The number of nitrogens with two attached hydrogens (primary N) is 1. The summed E-state index contributed by atoms with van der Waals surface area (Å²) in [6.07, 6.45) is 5.02. The van der Waals surface area contributed by atoms with Gasteiger partial charge in [0.15, 0.2) is 0 Å². The first kappa shape index (κ1) is 12.8. The molecule has 96 valence electrons. The smallest absolute Gasteiger partial charge is 0.123 e. The standard InChI is InChI=1S/C15H19FN2/c1-3-15(17)13-6-7-18(10-13)9-12-4-5-14(16)8-11(12)2/h4-8,10,15H,3,9,17H2,1-2H3. The predicted molar refractivity (Wildman–Crippen MR) is 71.9 cm³/mol. The largest absolute Gasteiger partial charge is 0.350 e. The average molecular weight is 246 g/mol. The Balaban J connectivity index is 2.16. The molecule has 0 aliphatic carbocycles. The van der Waals surface area contributed by atoms with Gasteiger partial charge in [-0.15, -0.1) is 0 Å². The summed E-state index contributed by atoms with van der Waals surface area (Å²) in [4.78, 5) is 0. The van der Waals surface area contributed by atoms with Crippen LogP contribution in [0.4, 0.5) is 4.39 Å². The normalized spacial score (nSPS) is 12.7. The zero-order chi connectivity index (χ0) is 13.1. The molecule has 0 bridgehead atoms. The van der Waals surface area contributed by atoms with Crippen LogP contribution in [0.3, 0.4) is 0 Å². The summed E-state index contributed by atoms with van der Waals surface area (Å²) in [5.74, 6) is -0.183. The van der Waals surface area contributed by atoms with Crippen LogP contribution in [-0.2, 0) is 6.54 Å². The molecule has 1 atom stereocenters. The Labute approximate surface area is 107 Å². The van der Waals surface area contributed by atoms with Crippen molar-refractivity contribution >= 4 is 0 Å². The minimum Gasteiger partial charge on any atom is -0.350 e. The third-order valence-corrected chi connectivity index (χ3v) is 3.30. The van der Waals surface area contributed by atoms with Gasteiger partial charge in [-0.05, 0) is 48.2 Å². The van der Waals surface area contributed by atoms with Crippen molar-refractivity contribution in [2.75, 3.05) is 0 Å². The van der Waals surface area contributed by atoms with E-state index in [0.717, 1.165) is 29.7 Å². The summed E-state index contributed by atoms with van der Waals surface area (Å²) in [5, 5.41) is 0. The van der Waals surface area contributed by atoms with Crippen LogP contribution >= 0.6 is 0 Å². The number of aromatic nitrogens is 1. The maximum atomic E-state index is 13.0. The van der Waals surface area contributed by atoms with Gasteiger partial charge in [0.05, 0.1) is 0 Å². The third-order valence-electron chi connectivity index (χ3n) is 3.30. The van der Waals surface area contributed by atoms with Gasteiger partial charge in [-0.1, -0.05) is 13.0 Å². The summed E-state index contributed by atoms with van der Waals surface area (Å²) in [7, 11) is 0. The molecular formula is C15H19FN2. The fourth-order valence-corrected chi connectivity index (χ4v) is 2.05. The van der Waals surface area contributed by atoms with E-state index < -0.39 is 0 Å². The van der Waals surface area contributed by atoms with Crippen molar-refractivity contribution in [2.24, 2.45) is 5.73 Å². The SMILES string of the molecule is CCC(N)c1ccn(Cc2ccc(F)cc2C)c1. The molecule has 1 heterocycles. The van der Waals surface area contributed by atoms with E-state index in [0.29, 0.717) is 0 Å². The molecule has 0 spiro atoms. The number of aryl methyl sites for hydroxylation is 1. The molecule has 0 fully saturated rings. The van der Waals surface area contributed by atoms with Crippen LogP contribution in [-0.4, -0.2) is 4.57 Å². The highest BCUT2D eigenvalue weighted by Gasteiger charge is 2.06. The molecule has 1 unspecified atom stereocenters. The predicted octanol–water partition coefficient (Wildman–Crippen LogP) is 3.39. The highest BCUT2D eigenvalue weighted by molar-refractivity contribution is 5.27. The fourth-order valence-electron chi connectivity index (χ4n) is 2.05. The van der Waals surface area contributed by atoms with Gasteiger partial charge >= 0.3 is 0 Å². The number of hydrogen-bond donors (Lipinski definition) is 1. The van der Waals surface area contributed by atoms with Gasteiger partial charge in [-0.2, -0.15) is 0 Å². The molecule has 2 rings (SSSR count). The van der Waals surface area contributed by atoms with Gasteiger partial charge in [0.1, 0.15) is 5.82 Å². The summed E-state index contributed by atoms with van der Waals surface area (Å²) in [6.45, 7) is 4.76. The Bertz CT molecular complexity index is 531. The molecule has 2 nitrogen and oxygen atoms in total. The quantitative estimate of drug-likeness (QED) is 0.880. The van der Waals surface area contributed by atoms with Crippen LogP contribution < -0.4 is 5.73 Å². The second-order valence-electron chi connectivity index (χ2n) is 4.70. The van der Waals surface area contributed by atoms with Crippen LogP contribution in [0.5, 0.6) is 0 Å². The van der Waals surface area contributed by atoms with Crippen molar-refractivity contribution in [1.29, 1.82) is 0 Å². The molecular weight excluding hydrogens is 227 g/mol. The lowest BCUT2D eigenvalue weighted by Crippen LogP contribution is -2.07. The van der Waals surface area contributed by atoms with Crippen LogP contribution in [0.25, 0.3) is 0 Å². The molecule has 1 aromatic heterocycles. The lowest BCUT2D eigenvalue weighted by Gasteiger charge is -2.08. The van der Waals surface area contributed by atoms with Gasteiger partial charge in [0, 0.05) is 25.0 Å². The Kier molecular flexibility index (Phi) is 3.82. The molecule has 2 aromatic rings. The number of benzene rings is 1. The van der Waals surface area contributed by atoms with E-state index >= 15 is 0 Å². The number of hydrogen-bond acceptors (Lipinski definition) is 1. The molecule has 0 saturated heterocycles. The zero-order valence-corrected chi connectivity index (χ0v) is 10.9. The van der Waals surface area contributed by atoms with Crippen LogP contribution in [0.15, 0.2) is 36.7 Å². The van der Waals surface area contributed by atoms with E-state index in [1.807, 2.05) is 25.3 Å². The maximum Gasteiger partial charge on any atom is 0.123 e. The van der Waals surface area contributed by atoms with Crippen LogP contribution in [0.2, 0.25) is 0 Å². The van der Waals surface area contributed by atoms with Gasteiger partial charge in [-0.25, -0.2) is 4.39 Å². The minimum atomic E-state index is -0.183. The zero-order valence-electron chi connectivity index (χ0n) is 10.9. The van der Waals surface area contributed by atoms with Crippen LogP contribution in [0.1, 0.15) is 36.1 Å². The number of nitrogens with zero attached hydrogens (tertiary/aromatic N) is 1. The number of halogens is 1. The van der Waals surface area contributed by atoms with Crippen molar-refractivity contribution in [2.45, 2.75) is 32.9 Å². The summed E-state index contributed by atoms with van der Waals surface area (Å²) >= 11 is 0. The Morgan fingerprint density at radius 2 is 2.11 bits per heavy atom. The van der Waals surface area contributed by atoms with E-state index in [1.165, 1.54) is 6.07 Å². The first-order chi connectivity index (χ1) is 8.60. The second kappa shape index (κ2) is 5.36.